The maximum atomic E-state index is 14.0. The van der Waals surface area contributed by atoms with Crippen LogP contribution in [-0.4, -0.2) is 26.4 Å². The molecule has 1 aliphatic heterocycles. The summed E-state index contributed by atoms with van der Waals surface area (Å²) in [6.07, 6.45) is 6.14. The molecule has 0 unspecified atom stereocenters. The number of benzene rings is 1. The first-order valence-corrected chi connectivity index (χ1v) is 8.49. The number of pyridine rings is 1. The molecule has 2 aromatic heterocycles. The molecule has 4 nitrogen and oxygen atoms in total. The highest BCUT2D eigenvalue weighted by Gasteiger charge is 2.20. The van der Waals surface area contributed by atoms with Crippen molar-refractivity contribution < 1.29 is 4.39 Å². The first-order chi connectivity index (χ1) is 12.2. The fourth-order valence-corrected chi connectivity index (χ4v) is 3.28. The molecule has 0 saturated carbocycles. The Morgan fingerprint density at radius 2 is 2.00 bits per heavy atom. The van der Waals surface area contributed by atoms with Gasteiger partial charge in [0.2, 0.25) is 0 Å². The Bertz CT molecular complexity index is 881. The summed E-state index contributed by atoms with van der Waals surface area (Å²) in [4.78, 5) is 15.4. The Kier molecular flexibility index (Phi) is 4.42. The Morgan fingerprint density at radius 1 is 1.16 bits per heavy atom. The lowest BCUT2D eigenvalue weighted by atomic mass is 10.1. The molecule has 126 valence electrons. The largest absolute Gasteiger partial charge is 0.294 e. The van der Waals surface area contributed by atoms with E-state index in [1.807, 2.05) is 18.3 Å². The highest BCUT2D eigenvalue weighted by Crippen LogP contribution is 2.25. The third kappa shape index (κ3) is 3.38. The van der Waals surface area contributed by atoms with E-state index >= 15 is 0 Å². The summed E-state index contributed by atoms with van der Waals surface area (Å²) in [6, 6.07) is 8.60. The van der Waals surface area contributed by atoms with Crippen LogP contribution in [-0.2, 0) is 19.5 Å². The van der Waals surface area contributed by atoms with Gasteiger partial charge in [-0.15, -0.1) is 0 Å². The van der Waals surface area contributed by atoms with Gasteiger partial charge >= 0.3 is 0 Å². The quantitative estimate of drug-likeness (QED) is 0.715. The molecule has 0 N–H and O–H groups in total. The zero-order chi connectivity index (χ0) is 17.2. The third-order valence-corrected chi connectivity index (χ3v) is 4.75. The van der Waals surface area contributed by atoms with Gasteiger partial charge in [0.05, 0.1) is 5.69 Å². The summed E-state index contributed by atoms with van der Waals surface area (Å²) < 4.78 is 14.0. The zero-order valence-corrected chi connectivity index (χ0v) is 14.2. The van der Waals surface area contributed by atoms with Crippen molar-refractivity contribution in [2.75, 3.05) is 6.54 Å². The van der Waals surface area contributed by atoms with Gasteiger partial charge in [-0.1, -0.05) is 17.7 Å². The molecule has 0 bridgehead atoms. The van der Waals surface area contributed by atoms with Crippen molar-refractivity contribution in [2.24, 2.45) is 0 Å². The number of fused-ring (bicyclic) bond motifs is 1. The van der Waals surface area contributed by atoms with Crippen LogP contribution in [0.3, 0.4) is 0 Å². The van der Waals surface area contributed by atoms with Gasteiger partial charge in [-0.3, -0.25) is 9.88 Å². The Hall–Kier alpha value is -2.37. The van der Waals surface area contributed by atoms with Crippen LogP contribution < -0.4 is 0 Å². The maximum absolute atomic E-state index is 14.0. The Balaban J connectivity index is 1.54. The van der Waals surface area contributed by atoms with Crippen molar-refractivity contribution in [1.29, 1.82) is 0 Å². The first kappa shape index (κ1) is 16.1. The van der Waals surface area contributed by atoms with Gasteiger partial charge in [0.15, 0.2) is 5.82 Å². The van der Waals surface area contributed by atoms with Gasteiger partial charge in [-0.05, 0) is 24.3 Å². The van der Waals surface area contributed by atoms with Gasteiger partial charge in [0, 0.05) is 66.4 Å². The number of rotatable bonds is 3. The normalized spacial score (nSPS) is 14.3. The van der Waals surface area contributed by atoms with Crippen molar-refractivity contribution in [3.05, 3.63) is 76.6 Å². The Morgan fingerprint density at radius 3 is 2.80 bits per heavy atom. The van der Waals surface area contributed by atoms with Crippen LogP contribution in [0.15, 0.2) is 48.9 Å². The molecule has 0 spiro atoms. The van der Waals surface area contributed by atoms with Crippen LogP contribution in [0.5, 0.6) is 0 Å². The van der Waals surface area contributed by atoms with E-state index < -0.39 is 0 Å². The lowest BCUT2D eigenvalue weighted by molar-refractivity contribution is 0.239. The molecule has 1 aliphatic rings. The van der Waals surface area contributed by atoms with Crippen LogP contribution in [0.25, 0.3) is 11.4 Å². The van der Waals surface area contributed by atoms with Gasteiger partial charge in [0.1, 0.15) is 5.82 Å². The van der Waals surface area contributed by atoms with E-state index in [0.717, 1.165) is 29.8 Å². The summed E-state index contributed by atoms with van der Waals surface area (Å²) in [5, 5.41) is 0.468. The molecule has 0 amide bonds. The van der Waals surface area contributed by atoms with E-state index in [-0.39, 0.29) is 5.82 Å². The molecule has 3 aromatic rings. The Labute approximate surface area is 150 Å². The van der Waals surface area contributed by atoms with Crippen LogP contribution in [0.2, 0.25) is 5.02 Å². The molecule has 0 saturated heterocycles. The minimum absolute atomic E-state index is 0.261. The number of hydrogen-bond acceptors (Lipinski definition) is 4. The number of aromatic nitrogens is 3. The van der Waals surface area contributed by atoms with Crippen molar-refractivity contribution in [3.63, 3.8) is 0 Å². The molecule has 3 heterocycles. The summed E-state index contributed by atoms with van der Waals surface area (Å²) >= 11 is 6.14. The topological polar surface area (TPSA) is 41.9 Å². The van der Waals surface area contributed by atoms with Crippen LogP contribution in [0, 0.1) is 5.82 Å². The highest BCUT2D eigenvalue weighted by molar-refractivity contribution is 6.31. The SMILES string of the molecule is Fc1cccc(Cl)c1CN1CCc2nc(-c3ccncc3)ncc2C1. The second-order valence-corrected chi connectivity index (χ2v) is 6.47. The van der Waals surface area contributed by atoms with Gasteiger partial charge in [-0.2, -0.15) is 0 Å². The van der Waals surface area contributed by atoms with E-state index in [1.54, 1.807) is 24.5 Å². The average molecular weight is 355 g/mol. The predicted octanol–water partition coefficient (Wildman–Crippen LogP) is 3.89. The second kappa shape index (κ2) is 6.86. The molecular weight excluding hydrogens is 339 g/mol. The molecule has 0 radical (unpaired) electrons. The van der Waals surface area contributed by atoms with Crippen LogP contribution in [0.1, 0.15) is 16.8 Å². The lowest BCUT2D eigenvalue weighted by Crippen LogP contribution is -2.31. The molecule has 0 atom stereocenters. The number of halogens is 2. The molecule has 4 rings (SSSR count). The van der Waals surface area contributed by atoms with E-state index in [9.17, 15) is 4.39 Å². The second-order valence-electron chi connectivity index (χ2n) is 6.06. The smallest absolute Gasteiger partial charge is 0.159 e. The van der Waals surface area contributed by atoms with Crippen molar-refractivity contribution >= 4 is 11.6 Å². The van der Waals surface area contributed by atoms with Gasteiger partial charge < -0.3 is 0 Å². The monoisotopic (exact) mass is 354 g/mol. The summed E-state index contributed by atoms with van der Waals surface area (Å²) in [6.45, 7) is 1.98. The minimum atomic E-state index is -0.261. The first-order valence-electron chi connectivity index (χ1n) is 8.11. The highest BCUT2D eigenvalue weighted by atomic mass is 35.5. The van der Waals surface area contributed by atoms with Gasteiger partial charge in [0.25, 0.3) is 0 Å². The molecule has 25 heavy (non-hydrogen) atoms. The summed E-state index contributed by atoms with van der Waals surface area (Å²) in [7, 11) is 0. The molecule has 1 aromatic carbocycles. The zero-order valence-electron chi connectivity index (χ0n) is 13.5. The van der Waals surface area contributed by atoms with Crippen LogP contribution >= 0.6 is 11.6 Å². The molecule has 0 aliphatic carbocycles. The van der Waals surface area contributed by atoms with E-state index in [4.69, 9.17) is 16.6 Å². The minimum Gasteiger partial charge on any atom is -0.294 e. The van der Waals surface area contributed by atoms with Crippen LogP contribution in [0.4, 0.5) is 4.39 Å². The number of hydrogen-bond donors (Lipinski definition) is 0. The fourth-order valence-electron chi connectivity index (χ4n) is 3.06. The van der Waals surface area contributed by atoms with Gasteiger partial charge in [-0.25, -0.2) is 14.4 Å². The number of nitrogens with zero attached hydrogens (tertiary/aromatic N) is 4. The maximum Gasteiger partial charge on any atom is 0.159 e. The average Bonchev–Trinajstić information content (AvgIpc) is 2.65. The molecule has 0 fully saturated rings. The fraction of sp³-hybridized carbons (Fsp3) is 0.211. The van der Waals surface area contributed by atoms with E-state index in [1.165, 1.54) is 6.07 Å². The predicted molar refractivity (Wildman–Crippen MR) is 94.5 cm³/mol. The lowest BCUT2D eigenvalue weighted by Gasteiger charge is -2.28. The molecule has 6 heteroatoms. The third-order valence-electron chi connectivity index (χ3n) is 4.39. The van der Waals surface area contributed by atoms with E-state index in [2.05, 4.69) is 14.9 Å². The van der Waals surface area contributed by atoms with Crippen molar-refractivity contribution in [1.82, 2.24) is 19.9 Å². The standard InChI is InChI=1S/C19H16ClFN4/c20-16-2-1-3-17(21)15(16)12-25-9-6-18-14(11-25)10-23-19(24-18)13-4-7-22-8-5-13/h1-5,7-8,10H,6,9,11-12H2. The summed E-state index contributed by atoms with van der Waals surface area (Å²) in [5.74, 6) is 0.453. The van der Waals surface area contributed by atoms with E-state index in [0.29, 0.717) is 29.5 Å². The van der Waals surface area contributed by atoms with Crippen molar-refractivity contribution in [3.8, 4) is 11.4 Å². The molecular formula is C19H16ClFN4. The van der Waals surface area contributed by atoms with Crippen molar-refractivity contribution in [2.45, 2.75) is 19.5 Å². The summed E-state index contributed by atoms with van der Waals surface area (Å²) in [5.41, 5.74) is 3.63.